The molecule has 0 aliphatic heterocycles. The summed E-state index contributed by atoms with van der Waals surface area (Å²) in [5.41, 5.74) is 2.58. The summed E-state index contributed by atoms with van der Waals surface area (Å²) in [5, 5.41) is 0. The van der Waals surface area contributed by atoms with E-state index in [2.05, 4.69) is 26.8 Å². The number of rotatable bonds is 9. The van der Waals surface area contributed by atoms with Crippen LogP contribution in [0, 0.1) is 34.5 Å². The largest absolute Gasteiger partial charge is 0.462 e. The smallest absolute Gasteiger partial charge is 0.305 e. The van der Waals surface area contributed by atoms with Gasteiger partial charge in [0.15, 0.2) is 0 Å². The third-order valence-corrected chi connectivity index (χ3v) is 10.7. The van der Waals surface area contributed by atoms with Gasteiger partial charge >= 0.3 is 5.97 Å². The van der Waals surface area contributed by atoms with Gasteiger partial charge in [-0.15, -0.1) is 0 Å². The molecular weight excluding hydrogens is 392 g/mol. The maximum atomic E-state index is 11.8. The Kier molecular flexibility index (Phi) is 7.78. The first-order valence-corrected chi connectivity index (χ1v) is 14.3. The molecule has 0 aromatic rings. The number of hydrogen-bond acceptors (Lipinski definition) is 2. The molecule has 0 radical (unpaired) electrons. The highest BCUT2D eigenvalue weighted by molar-refractivity contribution is 5.69. The summed E-state index contributed by atoms with van der Waals surface area (Å²) >= 11 is 0. The molecule has 0 bridgehead atoms. The first-order chi connectivity index (χ1) is 15.4. The van der Waals surface area contributed by atoms with E-state index in [1.807, 2.05) is 6.92 Å². The second-order valence-corrected chi connectivity index (χ2v) is 12.3. The van der Waals surface area contributed by atoms with E-state index in [-0.39, 0.29) is 12.1 Å². The minimum atomic E-state index is -0.0244. The molecule has 0 heterocycles. The van der Waals surface area contributed by atoms with Crippen LogP contribution in [0.15, 0.2) is 11.6 Å². The SMILES string of the molecule is CCCCCCCCC1CCC2C3CC=C4C[C@@H](OC(=O)CC)CC[C@]4(C)C3CC[C@]12C. The molecule has 0 amide bonds. The number of hydrogen-bond donors (Lipinski definition) is 0. The van der Waals surface area contributed by atoms with Crippen molar-refractivity contribution in [2.24, 2.45) is 34.5 Å². The number of allylic oxidation sites excluding steroid dienone is 1. The predicted molar refractivity (Wildman–Crippen MR) is 133 cm³/mol. The van der Waals surface area contributed by atoms with Crippen molar-refractivity contribution in [2.45, 2.75) is 137 Å². The highest BCUT2D eigenvalue weighted by Gasteiger charge is 2.58. The fourth-order valence-electron chi connectivity index (χ4n) is 8.75. The molecule has 4 aliphatic carbocycles. The van der Waals surface area contributed by atoms with E-state index in [0.717, 1.165) is 36.5 Å². The van der Waals surface area contributed by atoms with Crippen LogP contribution in [0.2, 0.25) is 0 Å². The van der Waals surface area contributed by atoms with Crippen LogP contribution in [0.3, 0.4) is 0 Å². The predicted octanol–water partition coefficient (Wildman–Crippen LogP) is 8.64. The van der Waals surface area contributed by atoms with Crippen LogP contribution in [0.25, 0.3) is 0 Å². The zero-order chi connectivity index (χ0) is 22.8. The number of carbonyl (C=O) groups excluding carboxylic acids is 1. The zero-order valence-electron chi connectivity index (χ0n) is 21.6. The summed E-state index contributed by atoms with van der Waals surface area (Å²) in [7, 11) is 0. The van der Waals surface area contributed by atoms with Crippen LogP contribution in [-0.2, 0) is 9.53 Å². The first-order valence-electron chi connectivity index (χ1n) is 14.3. The van der Waals surface area contributed by atoms with Crippen molar-refractivity contribution in [3.8, 4) is 0 Å². The van der Waals surface area contributed by atoms with Crippen LogP contribution in [0.4, 0.5) is 0 Å². The summed E-state index contributed by atoms with van der Waals surface area (Å²) in [6, 6.07) is 0. The quantitative estimate of drug-likeness (QED) is 0.203. The Morgan fingerprint density at radius 1 is 0.969 bits per heavy atom. The molecule has 182 valence electrons. The second kappa shape index (κ2) is 10.2. The fourth-order valence-corrected chi connectivity index (χ4v) is 8.75. The lowest BCUT2D eigenvalue weighted by Crippen LogP contribution is -2.50. The van der Waals surface area contributed by atoms with Gasteiger partial charge in [0.25, 0.3) is 0 Å². The van der Waals surface area contributed by atoms with Gasteiger partial charge in [0.1, 0.15) is 6.10 Å². The summed E-state index contributed by atoms with van der Waals surface area (Å²) in [6.07, 6.45) is 23.7. The lowest BCUT2D eigenvalue weighted by Gasteiger charge is -2.58. The molecule has 2 nitrogen and oxygen atoms in total. The molecule has 3 saturated carbocycles. The van der Waals surface area contributed by atoms with E-state index < -0.39 is 0 Å². The van der Waals surface area contributed by atoms with Gasteiger partial charge in [-0.05, 0) is 85.9 Å². The van der Waals surface area contributed by atoms with Gasteiger partial charge in [0.2, 0.25) is 0 Å². The lowest BCUT2D eigenvalue weighted by atomic mass is 9.47. The van der Waals surface area contributed by atoms with Crippen molar-refractivity contribution < 1.29 is 9.53 Å². The number of esters is 1. The molecular formula is C30H50O2. The van der Waals surface area contributed by atoms with Crippen LogP contribution in [-0.4, -0.2) is 12.1 Å². The molecule has 4 unspecified atom stereocenters. The molecule has 0 saturated heterocycles. The van der Waals surface area contributed by atoms with Crippen molar-refractivity contribution >= 4 is 5.97 Å². The average molecular weight is 443 g/mol. The molecule has 0 spiro atoms. The second-order valence-electron chi connectivity index (χ2n) is 12.3. The molecule has 32 heavy (non-hydrogen) atoms. The highest BCUT2D eigenvalue weighted by Crippen LogP contribution is 2.66. The molecule has 0 N–H and O–H groups in total. The summed E-state index contributed by atoms with van der Waals surface area (Å²) < 4.78 is 5.76. The third kappa shape index (κ3) is 4.58. The highest BCUT2D eigenvalue weighted by atomic mass is 16.5. The number of fused-ring (bicyclic) bond motifs is 5. The van der Waals surface area contributed by atoms with Crippen molar-refractivity contribution in [3.63, 3.8) is 0 Å². The van der Waals surface area contributed by atoms with Gasteiger partial charge in [0.05, 0.1) is 0 Å². The Morgan fingerprint density at radius 2 is 1.75 bits per heavy atom. The minimum absolute atomic E-state index is 0.0244. The van der Waals surface area contributed by atoms with Crippen molar-refractivity contribution in [2.75, 3.05) is 0 Å². The third-order valence-electron chi connectivity index (χ3n) is 10.7. The van der Waals surface area contributed by atoms with E-state index >= 15 is 0 Å². The normalized spacial score (nSPS) is 40.8. The fraction of sp³-hybridized carbons (Fsp3) is 0.900. The Bertz CT molecular complexity index is 680. The van der Waals surface area contributed by atoms with Crippen molar-refractivity contribution in [1.29, 1.82) is 0 Å². The molecule has 4 rings (SSSR count). The van der Waals surface area contributed by atoms with Gasteiger partial charge in [-0.3, -0.25) is 4.79 Å². The van der Waals surface area contributed by atoms with Gasteiger partial charge in [-0.1, -0.05) is 77.9 Å². The number of unbranched alkanes of at least 4 members (excludes halogenated alkanes) is 5. The standard InChI is InChI=1S/C30H50O2/c1-5-7-8-9-10-11-12-22-14-16-26-25-15-13-23-21-24(32-28(31)6-2)17-19-30(23,4)27(25)18-20-29(22,26)3/h13,22,24-27H,5-12,14-21H2,1-4H3/t22?,24-,25?,26?,27?,29+,30-/m0/s1. The Morgan fingerprint density at radius 3 is 2.53 bits per heavy atom. The van der Waals surface area contributed by atoms with E-state index in [1.165, 1.54) is 83.5 Å². The van der Waals surface area contributed by atoms with Gasteiger partial charge in [-0.2, -0.15) is 0 Å². The summed E-state index contributed by atoms with van der Waals surface area (Å²) in [4.78, 5) is 11.8. The first kappa shape index (κ1) is 24.3. The Balaban J connectivity index is 1.38. The maximum absolute atomic E-state index is 11.8. The van der Waals surface area contributed by atoms with Crippen LogP contribution < -0.4 is 0 Å². The van der Waals surface area contributed by atoms with E-state index in [1.54, 1.807) is 5.57 Å². The Hall–Kier alpha value is -0.790. The van der Waals surface area contributed by atoms with E-state index in [4.69, 9.17) is 4.74 Å². The van der Waals surface area contributed by atoms with Crippen LogP contribution in [0.5, 0.6) is 0 Å². The number of ether oxygens (including phenoxy) is 1. The summed E-state index contributed by atoms with van der Waals surface area (Å²) in [6.45, 7) is 9.47. The summed E-state index contributed by atoms with van der Waals surface area (Å²) in [5.74, 6) is 3.64. The van der Waals surface area contributed by atoms with Gasteiger partial charge in [-0.25, -0.2) is 0 Å². The Labute approximate surface area is 198 Å². The zero-order valence-corrected chi connectivity index (χ0v) is 21.6. The van der Waals surface area contributed by atoms with Gasteiger partial charge < -0.3 is 4.74 Å². The molecule has 0 aromatic heterocycles. The topological polar surface area (TPSA) is 26.3 Å². The molecule has 0 aromatic carbocycles. The van der Waals surface area contributed by atoms with E-state index in [0.29, 0.717) is 17.3 Å². The molecule has 3 fully saturated rings. The average Bonchev–Trinajstić information content (AvgIpc) is 3.12. The number of carbonyl (C=O) groups is 1. The lowest BCUT2D eigenvalue weighted by molar-refractivity contribution is -0.151. The minimum Gasteiger partial charge on any atom is -0.462 e. The van der Waals surface area contributed by atoms with Crippen molar-refractivity contribution in [1.82, 2.24) is 0 Å². The van der Waals surface area contributed by atoms with Crippen molar-refractivity contribution in [3.05, 3.63) is 11.6 Å². The van der Waals surface area contributed by atoms with E-state index in [9.17, 15) is 4.79 Å². The maximum Gasteiger partial charge on any atom is 0.305 e. The van der Waals surface area contributed by atoms with Crippen LogP contribution >= 0.6 is 0 Å². The molecule has 4 aliphatic rings. The molecule has 2 heteroatoms. The molecule has 7 atom stereocenters. The monoisotopic (exact) mass is 442 g/mol. The van der Waals surface area contributed by atoms with Gasteiger partial charge in [0, 0.05) is 12.8 Å². The van der Waals surface area contributed by atoms with Crippen LogP contribution in [0.1, 0.15) is 130 Å².